The highest BCUT2D eigenvalue weighted by Gasteiger charge is 2.41. The van der Waals surface area contributed by atoms with Gasteiger partial charge in [0.2, 0.25) is 12.3 Å². The number of anilines is 1. The van der Waals surface area contributed by atoms with Crippen molar-refractivity contribution in [2.45, 2.75) is 50.6 Å². The van der Waals surface area contributed by atoms with Crippen molar-refractivity contribution in [1.82, 2.24) is 10.6 Å². The Hall–Kier alpha value is -3.15. The lowest BCUT2D eigenvalue weighted by atomic mass is 9.83. The summed E-state index contributed by atoms with van der Waals surface area (Å²) in [4.78, 5) is 23.3. The van der Waals surface area contributed by atoms with E-state index < -0.39 is 0 Å². The number of hydrogen-bond donors (Lipinski definition) is 3. The molecule has 194 valence electrons. The molecule has 1 heterocycles. The zero-order chi connectivity index (χ0) is 25.9. The standard InChI is InChI=1S/C24H23ClN2O.C7H13NO/c25-20-12-7-13-21(15-20)27-24(28)22-19(14-17-8-3-1-4-9-17)16-26-23(22)18-10-5-2-6-11-18;9-6-8-7-4-2-1-3-5-7/h1-13,15,19,22-23,26H,14,16H2,(H,27,28);6-7H,1-5H2,(H,8,9). The molecular weight excluding hydrogens is 482 g/mol. The van der Waals surface area contributed by atoms with E-state index in [1.165, 1.54) is 37.7 Å². The van der Waals surface area contributed by atoms with E-state index in [9.17, 15) is 9.59 Å². The van der Waals surface area contributed by atoms with Gasteiger partial charge < -0.3 is 16.0 Å². The molecule has 37 heavy (non-hydrogen) atoms. The van der Waals surface area contributed by atoms with Gasteiger partial charge in [-0.25, -0.2) is 0 Å². The van der Waals surface area contributed by atoms with E-state index in [0.29, 0.717) is 11.1 Å². The van der Waals surface area contributed by atoms with E-state index in [1.54, 1.807) is 12.1 Å². The smallest absolute Gasteiger partial charge is 0.229 e. The van der Waals surface area contributed by atoms with Crippen molar-refractivity contribution in [2.75, 3.05) is 11.9 Å². The predicted octanol–water partition coefficient (Wildman–Crippen LogP) is 6.16. The molecule has 3 atom stereocenters. The lowest BCUT2D eigenvalue weighted by molar-refractivity contribution is -0.121. The minimum absolute atomic E-state index is 0.00547. The maximum Gasteiger partial charge on any atom is 0.229 e. The highest BCUT2D eigenvalue weighted by molar-refractivity contribution is 6.30. The van der Waals surface area contributed by atoms with E-state index in [-0.39, 0.29) is 23.8 Å². The number of halogens is 1. The molecule has 3 N–H and O–H groups in total. The van der Waals surface area contributed by atoms with Crippen molar-refractivity contribution in [3.63, 3.8) is 0 Å². The zero-order valence-electron chi connectivity index (χ0n) is 21.1. The summed E-state index contributed by atoms with van der Waals surface area (Å²) < 4.78 is 0. The van der Waals surface area contributed by atoms with Gasteiger partial charge in [-0.2, -0.15) is 0 Å². The molecule has 0 aromatic heterocycles. The monoisotopic (exact) mass is 517 g/mol. The lowest BCUT2D eigenvalue weighted by Gasteiger charge is -2.24. The summed E-state index contributed by atoms with van der Waals surface area (Å²) >= 11 is 6.08. The topological polar surface area (TPSA) is 70.2 Å². The van der Waals surface area contributed by atoms with Gasteiger partial charge in [0.25, 0.3) is 0 Å². The van der Waals surface area contributed by atoms with Crippen LogP contribution < -0.4 is 16.0 Å². The Labute approximate surface area is 225 Å². The fourth-order valence-electron chi connectivity index (χ4n) is 5.43. The van der Waals surface area contributed by atoms with Crippen molar-refractivity contribution in [3.05, 3.63) is 101 Å². The number of benzene rings is 3. The average molecular weight is 518 g/mol. The fourth-order valence-corrected chi connectivity index (χ4v) is 5.62. The van der Waals surface area contributed by atoms with E-state index in [0.717, 1.165) is 30.6 Å². The molecule has 5 rings (SSSR count). The molecule has 2 amide bonds. The molecule has 5 nitrogen and oxygen atoms in total. The molecule has 1 aliphatic carbocycles. The molecule has 3 unspecified atom stereocenters. The van der Waals surface area contributed by atoms with Crippen LogP contribution in [0.1, 0.15) is 49.3 Å². The lowest BCUT2D eigenvalue weighted by Crippen LogP contribution is -2.32. The summed E-state index contributed by atoms with van der Waals surface area (Å²) in [6, 6.07) is 28.4. The van der Waals surface area contributed by atoms with Gasteiger partial charge in [-0.05, 0) is 61.1 Å². The number of rotatable bonds is 7. The minimum Gasteiger partial charge on any atom is -0.356 e. The normalized spacial score (nSPS) is 21.4. The van der Waals surface area contributed by atoms with Crippen LogP contribution in [-0.2, 0) is 16.0 Å². The Morgan fingerprint density at radius 3 is 2.30 bits per heavy atom. The molecule has 2 fully saturated rings. The molecule has 0 bridgehead atoms. The SMILES string of the molecule is O=C(Nc1cccc(Cl)c1)C1C(Cc2ccccc2)CNC1c1ccccc1.O=CNC1CCCCC1. The quantitative estimate of drug-likeness (QED) is 0.328. The molecule has 3 aromatic rings. The second-order valence-corrected chi connectivity index (χ2v) is 10.3. The third-order valence-corrected chi connectivity index (χ3v) is 7.51. The van der Waals surface area contributed by atoms with Crippen LogP contribution in [-0.4, -0.2) is 24.9 Å². The van der Waals surface area contributed by atoms with Crippen LogP contribution in [0.4, 0.5) is 5.69 Å². The Bertz CT molecular complexity index is 1120. The predicted molar refractivity (Wildman–Crippen MR) is 150 cm³/mol. The average Bonchev–Trinajstić information content (AvgIpc) is 3.35. The Kier molecular flexibility index (Phi) is 10.2. The first kappa shape index (κ1) is 26.9. The second kappa shape index (κ2) is 14.0. The van der Waals surface area contributed by atoms with Crippen LogP contribution in [0.25, 0.3) is 0 Å². The number of hydrogen-bond acceptors (Lipinski definition) is 3. The van der Waals surface area contributed by atoms with E-state index in [2.05, 4.69) is 40.2 Å². The molecular formula is C31H36ClN3O2. The highest BCUT2D eigenvalue weighted by Crippen LogP contribution is 2.36. The molecule has 1 aliphatic heterocycles. The first-order chi connectivity index (χ1) is 18.1. The summed E-state index contributed by atoms with van der Waals surface area (Å²) in [7, 11) is 0. The van der Waals surface area contributed by atoms with E-state index in [4.69, 9.17) is 11.6 Å². The zero-order valence-corrected chi connectivity index (χ0v) is 21.9. The minimum atomic E-state index is -0.165. The summed E-state index contributed by atoms with van der Waals surface area (Å²) in [5.41, 5.74) is 3.13. The number of carbonyl (C=O) groups is 2. The van der Waals surface area contributed by atoms with E-state index >= 15 is 0 Å². The van der Waals surface area contributed by atoms with Gasteiger partial charge in [0.1, 0.15) is 0 Å². The van der Waals surface area contributed by atoms with Gasteiger partial charge in [-0.1, -0.05) is 97.6 Å². The van der Waals surface area contributed by atoms with Crippen LogP contribution in [0.15, 0.2) is 84.9 Å². The van der Waals surface area contributed by atoms with Gasteiger partial charge in [0.05, 0.1) is 5.92 Å². The van der Waals surface area contributed by atoms with Crippen LogP contribution in [0, 0.1) is 11.8 Å². The van der Waals surface area contributed by atoms with Gasteiger partial charge in [0, 0.05) is 22.8 Å². The third kappa shape index (κ3) is 7.91. The van der Waals surface area contributed by atoms with Gasteiger partial charge >= 0.3 is 0 Å². The Morgan fingerprint density at radius 2 is 1.62 bits per heavy atom. The second-order valence-electron chi connectivity index (χ2n) is 9.89. The van der Waals surface area contributed by atoms with Crippen molar-refractivity contribution < 1.29 is 9.59 Å². The Balaban J connectivity index is 0.000000301. The van der Waals surface area contributed by atoms with E-state index in [1.807, 2.05) is 48.5 Å². The first-order valence-corrected chi connectivity index (χ1v) is 13.6. The fraction of sp³-hybridized carbons (Fsp3) is 0.355. The van der Waals surface area contributed by atoms with Crippen LogP contribution >= 0.6 is 11.6 Å². The summed E-state index contributed by atoms with van der Waals surface area (Å²) in [6.07, 6.45) is 7.95. The molecule has 1 saturated carbocycles. The van der Waals surface area contributed by atoms with Crippen molar-refractivity contribution in [2.24, 2.45) is 11.8 Å². The third-order valence-electron chi connectivity index (χ3n) is 7.27. The molecule has 1 saturated heterocycles. The number of nitrogens with one attached hydrogen (secondary N) is 3. The van der Waals surface area contributed by atoms with Crippen molar-refractivity contribution >= 4 is 29.6 Å². The highest BCUT2D eigenvalue weighted by atomic mass is 35.5. The summed E-state index contributed by atoms with van der Waals surface area (Å²) in [5, 5.41) is 10.1. The molecule has 6 heteroatoms. The summed E-state index contributed by atoms with van der Waals surface area (Å²) in [5.74, 6) is 0.0791. The maximum atomic E-state index is 13.3. The molecule has 3 aromatic carbocycles. The first-order valence-electron chi connectivity index (χ1n) is 13.2. The molecule has 0 spiro atoms. The largest absolute Gasteiger partial charge is 0.356 e. The maximum absolute atomic E-state index is 13.3. The van der Waals surface area contributed by atoms with Crippen LogP contribution in [0.2, 0.25) is 5.02 Å². The van der Waals surface area contributed by atoms with Gasteiger partial charge in [0.15, 0.2) is 0 Å². The van der Waals surface area contributed by atoms with Gasteiger partial charge in [-0.3, -0.25) is 9.59 Å². The number of amides is 2. The van der Waals surface area contributed by atoms with Crippen LogP contribution in [0.3, 0.4) is 0 Å². The van der Waals surface area contributed by atoms with Crippen LogP contribution in [0.5, 0.6) is 0 Å². The molecule has 2 aliphatic rings. The molecule has 0 radical (unpaired) electrons. The Morgan fingerprint density at radius 1 is 0.919 bits per heavy atom. The summed E-state index contributed by atoms with van der Waals surface area (Å²) in [6.45, 7) is 0.808. The van der Waals surface area contributed by atoms with Gasteiger partial charge in [-0.15, -0.1) is 0 Å². The van der Waals surface area contributed by atoms with Crippen molar-refractivity contribution in [1.29, 1.82) is 0 Å². The van der Waals surface area contributed by atoms with Crippen molar-refractivity contribution in [3.8, 4) is 0 Å². The number of carbonyl (C=O) groups excluding carboxylic acids is 2.